The summed E-state index contributed by atoms with van der Waals surface area (Å²) in [6.45, 7) is 1.27. The molecule has 5 nitrogen and oxygen atoms in total. The number of carboxylic acid groups (broad SMARTS) is 1. The molecule has 1 amide bonds. The van der Waals surface area contributed by atoms with Crippen LogP contribution in [0.3, 0.4) is 0 Å². The van der Waals surface area contributed by atoms with Gasteiger partial charge in [-0.05, 0) is 35.7 Å². The lowest BCUT2D eigenvalue weighted by atomic mass is 10.1. The van der Waals surface area contributed by atoms with Gasteiger partial charge in [0.15, 0.2) is 0 Å². The summed E-state index contributed by atoms with van der Waals surface area (Å²) in [6.07, 6.45) is 0.778. The van der Waals surface area contributed by atoms with E-state index in [0.717, 1.165) is 17.7 Å². The van der Waals surface area contributed by atoms with Crippen molar-refractivity contribution in [3.05, 3.63) is 65.2 Å². The summed E-state index contributed by atoms with van der Waals surface area (Å²) in [5.41, 5.74) is 3.08. The molecule has 1 aliphatic rings. The number of carboxylic acids is 1. The van der Waals surface area contributed by atoms with Crippen LogP contribution in [0.4, 0.5) is 5.69 Å². The average Bonchev–Trinajstić information content (AvgIpc) is 2.72. The molecule has 2 aromatic carbocycles. The Morgan fingerprint density at radius 3 is 2.70 bits per heavy atom. The predicted octanol–water partition coefficient (Wildman–Crippen LogP) is 2.38. The largest absolute Gasteiger partial charge is 0.478 e. The second kappa shape index (κ2) is 6.52. The Labute approximate surface area is 134 Å². The van der Waals surface area contributed by atoms with Crippen LogP contribution in [-0.2, 0) is 17.8 Å². The Morgan fingerprint density at radius 2 is 1.96 bits per heavy atom. The van der Waals surface area contributed by atoms with Gasteiger partial charge in [-0.15, -0.1) is 0 Å². The van der Waals surface area contributed by atoms with Crippen LogP contribution in [0.5, 0.6) is 0 Å². The summed E-state index contributed by atoms with van der Waals surface area (Å²) >= 11 is 0. The summed E-state index contributed by atoms with van der Waals surface area (Å²) in [5, 5.41) is 12.2. The number of fused-ring (bicyclic) bond motifs is 1. The van der Waals surface area contributed by atoms with Gasteiger partial charge in [0.05, 0.1) is 12.1 Å². The number of nitrogens with zero attached hydrogens (tertiary/aromatic N) is 1. The molecular weight excluding hydrogens is 292 g/mol. The van der Waals surface area contributed by atoms with E-state index in [0.29, 0.717) is 13.1 Å². The Hall–Kier alpha value is -2.82. The first kappa shape index (κ1) is 15.1. The first-order valence-electron chi connectivity index (χ1n) is 7.55. The minimum Gasteiger partial charge on any atom is -0.478 e. The van der Waals surface area contributed by atoms with Crippen LogP contribution in [-0.4, -0.2) is 35.0 Å². The maximum atomic E-state index is 12.3. The molecule has 3 rings (SSSR count). The summed E-state index contributed by atoms with van der Waals surface area (Å²) < 4.78 is 0. The van der Waals surface area contributed by atoms with Crippen molar-refractivity contribution in [3.8, 4) is 0 Å². The van der Waals surface area contributed by atoms with Gasteiger partial charge in [-0.2, -0.15) is 0 Å². The van der Waals surface area contributed by atoms with Crippen molar-refractivity contribution in [1.29, 1.82) is 0 Å². The number of amides is 1. The van der Waals surface area contributed by atoms with Crippen molar-refractivity contribution in [1.82, 2.24) is 4.90 Å². The van der Waals surface area contributed by atoms with Gasteiger partial charge >= 0.3 is 5.97 Å². The van der Waals surface area contributed by atoms with Crippen LogP contribution < -0.4 is 5.32 Å². The second-order valence-electron chi connectivity index (χ2n) is 5.58. The van der Waals surface area contributed by atoms with Crippen molar-refractivity contribution in [2.75, 3.05) is 18.4 Å². The molecule has 2 aromatic rings. The van der Waals surface area contributed by atoms with Crippen LogP contribution in [0, 0.1) is 0 Å². The second-order valence-corrected chi connectivity index (χ2v) is 5.58. The highest BCUT2D eigenvalue weighted by Gasteiger charge is 2.20. The number of hydrogen-bond donors (Lipinski definition) is 2. The molecule has 0 aromatic heterocycles. The van der Waals surface area contributed by atoms with E-state index in [1.54, 1.807) is 23.1 Å². The fraction of sp³-hybridized carbons (Fsp3) is 0.222. The van der Waals surface area contributed by atoms with Crippen LogP contribution in [0.15, 0.2) is 48.5 Å². The number of anilines is 1. The van der Waals surface area contributed by atoms with Gasteiger partial charge in [0.2, 0.25) is 5.91 Å². The quantitative estimate of drug-likeness (QED) is 0.909. The minimum atomic E-state index is -0.959. The predicted molar refractivity (Wildman–Crippen MR) is 87.5 cm³/mol. The molecule has 118 valence electrons. The number of carbonyl (C=O) groups is 2. The number of benzene rings is 2. The minimum absolute atomic E-state index is 0.0222. The van der Waals surface area contributed by atoms with Crippen molar-refractivity contribution in [2.45, 2.75) is 13.0 Å². The molecule has 0 spiro atoms. The Kier molecular flexibility index (Phi) is 4.28. The van der Waals surface area contributed by atoms with Gasteiger partial charge in [0.25, 0.3) is 0 Å². The molecule has 0 radical (unpaired) electrons. The first-order valence-corrected chi connectivity index (χ1v) is 7.55. The maximum Gasteiger partial charge on any atom is 0.335 e. The molecule has 5 heteroatoms. The van der Waals surface area contributed by atoms with Crippen LogP contribution in [0.2, 0.25) is 0 Å². The lowest BCUT2D eigenvalue weighted by Gasteiger charge is -2.20. The highest BCUT2D eigenvalue weighted by molar-refractivity contribution is 5.89. The number of carbonyl (C=O) groups excluding carboxylic acids is 1. The number of nitrogens with one attached hydrogen (secondary N) is 1. The van der Waals surface area contributed by atoms with E-state index in [-0.39, 0.29) is 18.0 Å². The highest BCUT2D eigenvalue weighted by Crippen LogP contribution is 2.22. The van der Waals surface area contributed by atoms with E-state index in [2.05, 4.69) is 5.32 Å². The molecule has 23 heavy (non-hydrogen) atoms. The fourth-order valence-corrected chi connectivity index (χ4v) is 2.72. The molecule has 0 saturated heterocycles. The monoisotopic (exact) mass is 310 g/mol. The zero-order valence-electron chi connectivity index (χ0n) is 12.7. The lowest BCUT2D eigenvalue weighted by Crippen LogP contribution is -2.34. The van der Waals surface area contributed by atoms with E-state index in [4.69, 9.17) is 5.11 Å². The van der Waals surface area contributed by atoms with Gasteiger partial charge in [0.1, 0.15) is 0 Å². The van der Waals surface area contributed by atoms with Crippen LogP contribution >= 0.6 is 0 Å². The van der Waals surface area contributed by atoms with Crippen LogP contribution in [0.25, 0.3) is 0 Å². The molecule has 0 aliphatic carbocycles. The smallest absolute Gasteiger partial charge is 0.335 e. The fourth-order valence-electron chi connectivity index (χ4n) is 2.72. The van der Waals surface area contributed by atoms with Crippen molar-refractivity contribution < 1.29 is 14.7 Å². The molecular formula is C18H18N2O3. The highest BCUT2D eigenvalue weighted by atomic mass is 16.4. The first-order chi connectivity index (χ1) is 11.1. The molecule has 2 N–H and O–H groups in total. The number of aromatic carboxylic acids is 1. The van der Waals surface area contributed by atoms with Gasteiger partial charge in [0, 0.05) is 18.8 Å². The van der Waals surface area contributed by atoms with E-state index in [9.17, 15) is 9.59 Å². The molecule has 0 saturated carbocycles. The normalized spacial score (nSPS) is 13.9. The van der Waals surface area contributed by atoms with E-state index < -0.39 is 5.97 Å². The van der Waals surface area contributed by atoms with Gasteiger partial charge in [-0.25, -0.2) is 4.79 Å². The van der Waals surface area contributed by atoms with E-state index in [1.807, 2.05) is 30.3 Å². The summed E-state index contributed by atoms with van der Waals surface area (Å²) in [4.78, 5) is 25.2. The Balaban J connectivity index is 1.77. The third-order valence-corrected chi connectivity index (χ3v) is 4.01. The molecule has 0 unspecified atom stereocenters. The van der Waals surface area contributed by atoms with Gasteiger partial charge in [-0.3, -0.25) is 4.79 Å². The van der Waals surface area contributed by atoms with E-state index in [1.165, 1.54) is 5.56 Å². The third kappa shape index (κ3) is 3.51. The summed E-state index contributed by atoms with van der Waals surface area (Å²) in [7, 11) is 0. The molecule has 1 heterocycles. The average molecular weight is 310 g/mol. The number of hydrogen-bond acceptors (Lipinski definition) is 3. The van der Waals surface area contributed by atoms with Crippen molar-refractivity contribution in [3.63, 3.8) is 0 Å². The molecule has 0 atom stereocenters. The van der Waals surface area contributed by atoms with Crippen molar-refractivity contribution >= 4 is 17.6 Å². The number of rotatable bonds is 4. The zero-order valence-corrected chi connectivity index (χ0v) is 12.7. The molecule has 0 fully saturated rings. The summed E-state index contributed by atoms with van der Waals surface area (Å²) in [6, 6.07) is 14.9. The molecule has 1 aliphatic heterocycles. The third-order valence-electron chi connectivity index (χ3n) is 4.01. The Morgan fingerprint density at radius 1 is 1.17 bits per heavy atom. The Bertz CT molecular complexity index is 728. The SMILES string of the molecule is O=C(O)c1ccc2c(c1)CN(CCc1ccccc1)C(=O)CN2. The maximum absolute atomic E-state index is 12.3. The van der Waals surface area contributed by atoms with Gasteiger partial charge in [-0.1, -0.05) is 30.3 Å². The summed E-state index contributed by atoms with van der Waals surface area (Å²) in [5.74, 6) is -0.937. The molecule has 0 bridgehead atoms. The standard InChI is InChI=1S/C18H18N2O3/c21-17-11-19-16-7-6-14(18(22)23)10-15(16)12-20(17)9-8-13-4-2-1-3-5-13/h1-7,10,19H,8-9,11-12H2,(H,22,23). The van der Waals surface area contributed by atoms with Gasteiger partial charge < -0.3 is 15.3 Å². The lowest BCUT2D eigenvalue weighted by molar-refractivity contribution is -0.129. The zero-order chi connectivity index (χ0) is 16.2. The van der Waals surface area contributed by atoms with Crippen molar-refractivity contribution in [2.24, 2.45) is 0 Å². The van der Waals surface area contributed by atoms with Crippen LogP contribution in [0.1, 0.15) is 21.5 Å². The van der Waals surface area contributed by atoms with E-state index >= 15 is 0 Å². The topological polar surface area (TPSA) is 69.6 Å².